The Balaban J connectivity index is 1.95. The zero-order valence-electron chi connectivity index (χ0n) is 10.9. The molecule has 20 heavy (non-hydrogen) atoms. The Bertz CT molecular complexity index is 621. The summed E-state index contributed by atoms with van der Waals surface area (Å²) < 4.78 is 0. The molecule has 0 saturated carbocycles. The molecule has 102 valence electrons. The van der Waals surface area contributed by atoms with Crippen LogP contribution in [0.2, 0.25) is 0 Å². The first-order valence-electron chi connectivity index (χ1n) is 6.61. The lowest BCUT2D eigenvalue weighted by atomic mass is 10.2. The molecule has 2 aliphatic heterocycles. The lowest BCUT2D eigenvalue weighted by Gasteiger charge is -2.23. The maximum atomic E-state index is 11.9. The van der Waals surface area contributed by atoms with Crippen molar-refractivity contribution in [1.29, 1.82) is 0 Å². The van der Waals surface area contributed by atoms with E-state index in [0.29, 0.717) is 18.7 Å². The highest BCUT2D eigenvalue weighted by molar-refractivity contribution is 6.21. The molecule has 0 unspecified atom stereocenters. The van der Waals surface area contributed by atoms with Crippen molar-refractivity contribution < 1.29 is 14.4 Å². The summed E-state index contributed by atoms with van der Waals surface area (Å²) in [5.41, 5.74) is 1.25. The quantitative estimate of drug-likeness (QED) is 0.767. The van der Waals surface area contributed by atoms with Crippen LogP contribution in [0.3, 0.4) is 0 Å². The molecular formula is C15H14N2O3. The minimum Gasteiger partial charge on any atom is -0.312 e. The molecule has 0 radical (unpaired) electrons. The van der Waals surface area contributed by atoms with E-state index in [4.69, 9.17) is 0 Å². The third-order valence-corrected chi connectivity index (χ3v) is 3.50. The van der Waals surface area contributed by atoms with Crippen molar-refractivity contribution in [3.8, 4) is 0 Å². The number of carbonyl (C=O) groups is 3. The smallest absolute Gasteiger partial charge is 0.257 e. The van der Waals surface area contributed by atoms with E-state index < -0.39 is 0 Å². The van der Waals surface area contributed by atoms with Crippen molar-refractivity contribution >= 4 is 29.1 Å². The van der Waals surface area contributed by atoms with Gasteiger partial charge in [0.05, 0.1) is 5.69 Å². The lowest BCUT2D eigenvalue weighted by Crippen LogP contribution is -2.37. The summed E-state index contributed by atoms with van der Waals surface area (Å²) in [5, 5.41) is 0. The molecule has 0 spiro atoms. The molecular weight excluding hydrogens is 256 g/mol. The van der Waals surface area contributed by atoms with E-state index in [-0.39, 0.29) is 24.1 Å². The summed E-state index contributed by atoms with van der Waals surface area (Å²) in [5.74, 6) is -0.508. The standard InChI is InChI=1S/C15H14N2O3/c18-13-8-3-9-16(13)11-4-1-5-12(10-11)17-14(19)6-2-7-15(17)20/h1-2,4-6,10H,3,7-9H2. The molecule has 0 N–H and O–H groups in total. The maximum Gasteiger partial charge on any atom is 0.257 e. The third-order valence-electron chi connectivity index (χ3n) is 3.50. The van der Waals surface area contributed by atoms with Crippen LogP contribution in [0.4, 0.5) is 11.4 Å². The average molecular weight is 270 g/mol. The largest absolute Gasteiger partial charge is 0.312 e. The second kappa shape index (κ2) is 4.92. The predicted octanol–water partition coefficient (Wildman–Crippen LogP) is 1.63. The van der Waals surface area contributed by atoms with Crippen molar-refractivity contribution in [2.24, 2.45) is 0 Å². The molecule has 2 heterocycles. The second-order valence-corrected chi connectivity index (χ2v) is 4.84. The molecule has 2 aliphatic rings. The number of nitrogens with zero attached hydrogens (tertiary/aromatic N) is 2. The Kier molecular flexibility index (Phi) is 3.10. The third kappa shape index (κ3) is 2.11. The van der Waals surface area contributed by atoms with Crippen LogP contribution in [-0.4, -0.2) is 24.3 Å². The number of benzene rings is 1. The van der Waals surface area contributed by atoms with E-state index in [1.807, 2.05) is 6.07 Å². The van der Waals surface area contributed by atoms with Crippen LogP contribution in [0.15, 0.2) is 36.4 Å². The number of imide groups is 1. The van der Waals surface area contributed by atoms with Crippen LogP contribution in [0.1, 0.15) is 19.3 Å². The topological polar surface area (TPSA) is 57.7 Å². The molecule has 3 rings (SSSR count). The Morgan fingerprint density at radius 1 is 1.00 bits per heavy atom. The lowest BCUT2D eigenvalue weighted by molar-refractivity contribution is -0.124. The highest BCUT2D eigenvalue weighted by Gasteiger charge is 2.26. The average Bonchev–Trinajstić information content (AvgIpc) is 2.85. The first-order valence-corrected chi connectivity index (χ1v) is 6.61. The molecule has 1 aromatic rings. The van der Waals surface area contributed by atoms with Gasteiger partial charge in [0.25, 0.3) is 5.91 Å². The van der Waals surface area contributed by atoms with Gasteiger partial charge in [0.1, 0.15) is 0 Å². The van der Waals surface area contributed by atoms with Crippen molar-refractivity contribution in [3.63, 3.8) is 0 Å². The van der Waals surface area contributed by atoms with E-state index in [2.05, 4.69) is 0 Å². The molecule has 5 heteroatoms. The maximum absolute atomic E-state index is 11.9. The van der Waals surface area contributed by atoms with E-state index in [9.17, 15) is 14.4 Å². The molecule has 1 saturated heterocycles. The van der Waals surface area contributed by atoms with Gasteiger partial charge in [-0.1, -0.05) is 12.1 Å². The minimum atomic E-state index is -0.342. The number of amides is 3. The highest BCUT2D eigenvalue weighted by atomic mass is 16.2. The van der Waals surface area contributed by atoms with Crippen LogP contribution >= 0.6 is 0 Å². The zero-order chi connectivity index (χ0) is 14.1. The number of carbonyl (C=O) groups excluding carboxylic acids is 3. The molecule has 1 aromatic carbocycles. The molecule has 0 aliphatic carbocycles. The molecule has 1 fully saturated rings. The van der Waals surface area contributed by atoms with Gasteiger partial charge in [0.15, 0.2) is 0 Å². The van der Waals surface area contributed by atoms with Crippen LogP contribution in [-0.2, 0) is 14.4 Å². The minimum absolute atomic E-state index is 0.0818. The van der Waals surface area contributed by atoms with Gasteiger partial charge in [0.2, 0.25) is 11.8 Å². The SMILES string of the molecule is O=C1CCCN1c1cccc(N2C(=O)C=CCC2=O)c1. The fourth-order valence-corrected chi connectivity index (χ4v) is 2.54. The molecule has 0 atom stereocenters. The Labute approximate surface area is 116 Å². The van der Waals surface area contributed by atoms with Crippen molar-refractivity contribution in [1.82, 2.24) is 0 Å². The Morgan fingerprint density at radius 3 is 2.50 bits per heavy atom. The molecule has 0 aromatic heterocycles. The first-order chi connectivity index (χ1) is 9.66. The van der Waals surface area contributed by atoms with Gasteiger partial charge in [-0.3, -0.25) is 14.4 Å². The number of hydrogen-bond acceptors (Lipinski definition) is 3. The predicted molar refractivity (Wildman–Crippen MR) is 74.3 cm³/mol. The second-order valence-electron chi connectivity index (χ2n) is 4.84. The van der Waals surface area contributed by atoms with Gasteiger partial charge in [-0.2, -0.15) is 0 Å². The highest BCUT2D eigenvalue weighted by Crippen LogP contribution is 2.27. The van der Waals surface area contributed by atoms with Crippen LogP contribution in [0.5, 0.6) is 0 Å². The summed E-state index contributed by atoms with van der Waals surface area (Å²) in [6.45, 7) is 0.685. The van der Waals surface area contributed by atoms with Gasteiger partial charge >= 0.3 is 0 Å². The van der Waals surface area contributed by atoms with Crippen LogP contribution in [0.25, 0.3) is 0 Å². The van der Waals surface area contributed by atoms with Crippen molar-refractivity contribution in [2.45, 2.75) is 19.3 Å². The van der Waals surface area contributed by atoms with E-state index in [0.717, 1.165) is 17.0 Å². The summed E-state index contributed by atoms with van der Waals surface area (Å²) in [4.78, 5) is 38.3. The van der Waals surface area contributed by atoms with Crippen LogP contribution in [0, 0.1) is 0 Å². The zero-order valence-corrected chi connectivity index (χ0v) is 10.9. The summed E-state index contributed by atoms with van der Waals surface area (Å²) >= 11 is 0. The van der Waals surface area contributed by atoms with Crippen LogP contribution < -0.4 is 9.80 Å². The molecule has 3 amide bonds. The number of hydrogen-bond donors (Lipinski definition) is 0. The van der Waals surface area contributed by atoms with E-state index in [1.165, 1.54) is 6.08 Å². The van der Waals surface area contributed by atoms with Crippen molar-refractivity contribution in [2.75, 3.05) is 16.3 Å². The van der Waals surface area contributed by atoms with Gasteiger partial charge in [0, 0.05) is 31.1 Å². The monoisotopic (exact) mass is 270 g/mol. The van der Waals surface area contributed by atoms with E-state index >= 15 is 0 Å². The fourth-order valence-electron chi connectivity index (χ4n) is 2.54. The van der Waals surface area contributed by atoms with E-state index in [1.54, 1.807) is 29.2 Å². The molecule has 0 bridgehead atoms. The fraction of sp³-hybridized carbons (Fsp3) is 0.267. The molecule has 5 nitrogen and oxygen atoms in total. The first kappa shape index (κ1) is 12.6. The Hall–Kier alpha value is -2.43. The Morgan fingerprint density at radius 2 is 1.80 bits per heavy atom. The van der Waals surface area contributed by atoms with Gasteiger partial charge in [-0.25, -0.2) is 4.90 Å². The number of anilines is 2. The van der Waals surface area contributed by atoms with Gasteiger partial charge < -0.3 is 4.90 Å². The summed E-state index contributed by atoms with van der Waals surface area (Å²) in [6.07, 6.45) is 4.57. The van der Waals surface area contributed by atoms with Crippen molar-refractivity contribution in [3.05, 3.63) is 36.4 Å². The normalized spacial score (nSPS) is 19.1. The summed E-state index contributed by atoms with van der Waals surface area (Å²) in [6, 6.07) is 7.01. The number of rotatable bonds is 2. The van der Waals surface area contributed by atoms with Gasteiger partial charge in [-0.15, -0.1) is 0 Å². The summed E-state index contributed by atoms with van der Waals surface area (Å²) in [7, 11) is 0. The van der Waals surface area contributed by atoms with Gasteiger partial charge in [-0.05, 0) is 24.6 Å².